The maximum absolute atomic E-state index is 12.6. The van der Waals surface area contributed by atoms with Crippen molar-refractivity contribution >= 4 is 5.97 Å². The van der Waals surface area contributed by atoms with Crippen LogP contribution in [0.25, 0.3) is 0 Å². The van der Waals surface area contributed by atoms with Crippen LogP contribution in [0, 0.1) is 0 Å². The van der Waals surface area contributed by atoms with Gasteiger partial charge < -0.3 is 15.6 Å². The number of carbonyl (C=O) groups excluding carboxylic acids is 1. The van der Waals surface area contributed by atoms with Gasteiger partial charge in [0, 0.05) is 12.6 Å². The van der Waals surface area contributed by atoms with E-state index in [1.165, 1.54) is 12.1 Å². The SMILES string of the molecule is CC(C)(C)OC(=O)C(c1ccc(C(F)(F)F)cc1)C(N)CCO. The summed E-state index contributed by atoms with van der Waals surface area (Å²) in [5, 5.41) is 9.02. The highest BCUT2D eigenvalue weighted by molar-refractivity contribution is 5.79. The van der Waals surface area contributed by atoms with Crippen LogP contribution >= 0.6 is 0 Å². The van der Waals surface area contributed by atoms with Crippen LogP contribution in [-0.4, -0.2) is 29.3 Å². The Bertz CT molecular complexity index is 521. The van der Waals surface area contributed by atoms with E-state index >= 15 is 0 Å². The second-order valence-corrected chi connectivity index (χ2v) is 6.31. The van der Waals surface area contributed by atoms with Crippen molar-refractivity contribution in [1.29, 1.82) is 0 Å². The average Bonchev–Trinajstić information content (AvgIpc) is 2.36. The van der Waals surface area contributed by atoms with E-state index in [4.69, 9.17) is 15.6 Å². The number of aliphatic hydroxyl groups excluding tert-OH is 1. The number of rotatable bonds is 5. The van der Waals surface area contributed by atoms with Gasteiger partial charge in [-0.3, -0.25) is 4.79 Å². The molecule has 1 rings (SSSR count). The van der Waals surface area contributed by atoms with E-state index in [2.05, 4.69) is 0 Å². The van der Waals surface area contributed by atoms with Crippen molar-refractivity contribution in [3.8, 4) is 0 Å². The van der Waals surface area contributed by atoms with Gasteiger partial charge in [-0.2, -0.15) is 13.2 Å². The number of benzene rings is 1. The minimum Gasteiger partial charge on any atom is -0.459 e. The molecule has 2 atom stereocenters. The van der Waals surface area contributed by atoms with E-state index < -0.39 is 35.3 Å². The molecule has 0 radical (unpaired) electrons. The monoisotopic (exact) mass is 333 g/mol. The van der Waals surface area contributed by atoms with Crippen molar-refractivity contribution in [2.45, 2.75) is 50.9 Å². The van der Waals surface area contributed by atoms with Crippen molar-refractivity contribution in [3.05, 3.63) is 35.4 Å². The predicted molar refractivity (Wildman–Crippen MR) is 79.7 cm³/mol. The summed E-state index contributed by atoms with van der Waals surface area (Å²) in [5.41, 5.74) is 4.69. The molecule has 0 aliphatic rings. The molecule has 1 aromatic rings. The summed E-state index contributed by atoms with van der Waals surface area (Å²) in [4.78, 5) is 12.4. The molecule has 2 unspecified atom stereocenters. The molecule has 0 saturated carbocycles. The van der Waals surface area contributed by atoms with Gasteiger partial charge in [-0.25, -0.2) is 0 Å². The van der Waals surface area contributed by atoms with Crippen LogP contribution < -0.4 is 5.73 Å². The summed E-state index contributed by atoms with van der Waals surface area (Å²) in [5.74, 6) is -1.57. The molecule has 0 amide bonds. The largest absolute Gasteiger partial charge is 0.459 e. The molecule has 0 heterocycles. The molecule has 0 aliphatic heterocycles. The summed E-state index contributed by atoms with van der Waals surface area (Å²) < 4.78 is 43.2. The van der Waals surface area contributed by atoms with Crippen molar-refractivity contribution in [2.24, 2.45) is 5.73 Å². The van der Waals surface area contributed by atoms with Gasteiger partial charge in [0.15, 0.2) is 0 Å². The van der Waals surface area contributed by atoms with Crippen LogP contribution in [0.1, 0.15) is 44.2 Å². The fourth-order valence-electron chi connectivity index (χ4n) is 2.12. The minimum absolute atomic E-state index is 0.130. The molecule has 7 heteroatoms. The van der Waals surface area contributed by atoms with Crippen LogP contribution in [0.3, 0.4) is 0 Å². The Kier molecular flexibility index (Phi) is 6.18. The zero-order valence-corrected chi connectivity index (χ0v) is 13.4. The molecule has 0 bridgehead atoms. The third-order valence-corrected chi connectivity index (χ3v) is 3.15. The summed E-state index contributed by atoms with van der Waals surface area (Å²) in [6, 6.07) is 3.48. The van der Waals surface area contributed by atoms with Crippen molar-refractivity contribution < 1.29 is 27.8 Å². The summed E-state index contributed by atoms with van der Waals surface area (Å²) in [7, 11) is 0. The third-order valence-electron chi connectivity index (χ3n) is 3.15. The Morgan fingerprint density at radius 2 is 1.74 bits per heavy atom. The summed E-state index contributed by atoms with van der Waals surface area (Å²) in [6.45, 7) is 4.83. The molecule has 1 aromatic carbocycles. The first-order chi connectivity index (χ1) is 10.5. The highest BCUT2D eigenvalue weighted by Crippen LogP contribution is 2.31. The number of halogens is 3. The van der Waals surface area contributed by atoms with E-state index in [1.54, 1.807) is 20.8 Å². The minimum atomic E-state index is -4.45. The Morgan fingerprint density at radius 1 is 1.22 bits per heavy atom. The highest BCUT2D eigenvalue weighted by atomic mass is 19.4. The fraction of sp³-hybridized carbons (Fsp3) is 0.562. The maximum atomic E-state index is 12.6. The van der Waals surface area contributed by atoms with E-state index in [1.807, 2.05) is 0 Å². The van der Waals surface area contributed by atoms with Crippen LogP contribution in [0.15, 0.2) is 24.3 Å². The number of alkyl halides is 3. The molecular weight excluding hydrogens is 311 g/mol. The van der Waals surface area contributed by atoms with Gasteiger partial charge in [-0.1, -0.05) is 12.1 Å². The number of esters is 1. The lowest BCUT2D eigenvalue weighted by atomic mass is 9.89. The van der Waals surface area contributed by atoms with Crippen LogP contribution in [0.2, 0.25) is 0 Å². The molecule has 0 fully saturated rings. The van der Waals surface area contributed by atoms with Gasteiger partial charge >= 0.3 is 12.1 Å². The highest BCUT2D eigenvalue weighted by Gasteiger charge is 2.34. The molecule has 0 aliphatic carbocycles. The Morgan fingerprint density at radius 3 is 2.13 bits per heavy atom. The Balaban J connectivity index is 3.11. The van der Waals surface area contributed by atoms with Crippen LogP contribution in [0.4, 0.5) is 13.2 Å². The first-order valence-corrected chi connectivity index (χ1v) is 7.22. The zero-order chi connectivity index (χ0) is 17.8. The molecular formula is C16H22F3NO3. The van der Waals surface area contributed by atoms with Crippen LogP contribution in [0.5, 0.6) is 0 Å². The number of hydrogen-bond acceptors (Lipinski definition) is 4. The fourth-order valence-corrected chi connectivity index (χ4v) is 2.12. The molecule has 0 saturated heterocycles. The molecule has 0 aromatic heterocycles. The second kappa shape index (κ2) is 7.31. The lowest BCUT2D eigenvalue weighted by Gasteiger charge is -2.27. The molecule has 3 N–H and O–H groups in total. The number of nitrogens with two attached hydrogens (primary N) is 1. The summed E-state index contributed by atoms with van der Waals surface area (Å²) in [6.07, 6.45) is -4.32. The van der Waals surface area contributed by atoms with Crippen LogP contribution in [-0.2, 0) is 15.7 Å². The number of hydrogen-bond donors (Lipinski definition) is 2. The first-order valence-electron chi connectivity index (χ1n) is 7.22. The van der Waals surface area contributed by atoms with Gasteiger partial charge in [0.25, 0.3) is 0 Å². The van der Waals surface area contributed by atoms with E-state index in [0.29, 0.717) is 5.56 Å². The number of ether oxygens (including phenoxy) is 1. The first kappa shape index (κ1) is 19.4. The smallest absolute Gasteiger partial charge is 0.416 e. The van der Waals surface area contributed by atoms with E-state index in [-0.39, 0.29) is 13.0 Å². The molecule has 0 spiro atoms. The number of carbonyl (C=O) groups is 1. The van der Waals surface area contributed by atoms with Gasteiger partial charge in [0.2, 0.25) is 0 Å². The van der Waals surface area contributed by atoms with Crippen molar-refractivity contribution in [3.63, 3.8) is 0 Å². The third kappa shape index (κ3) is 5.84. The number of aliphatic hydroxyl groups is 1. The normalized spacial score (nSPS) is 15.1. The van der Waals surface area contributed by atoms with Gasteiger partial charge in [0.05, 0.1) is 11.5 Å². The maximum Gasteiger partial charge on any atom is 0.416 e. The van der Waals surface area contributed by atoms with E-state index in [0.717, 1.165) is 12.1 Å². The molecule has 4 nitrogen and oxygen atoms in total. The lowest BCUT2D eigenvalue weighted by Crippen LogP contribution is -2.38. The summed E-state index contributed by atoms with van der Waals surface area (Å²) >= 11 is 0. The topological polar surface area (TPSA) is 72.5 Å². The van der Waals surface area contributed by atoms with Gasteiger partial charge in [-0.05, 0) is 44.9 Å². The second-order valence-electron chi connectivity index (χ2n) is 6.31. The Labute approximate surface area is 133 Å². The standard InChI is InChI=1S/C16H22F3NO3/c1-15(2,3)23-14(22)13(12(20)8-9-21)10-4-6-11(7-5-10)16(17,18)19/h4-7,12-13,21H,8-9,20H2,1-3H3. The van der Waals surface area contributed by atoms with E-state index in [9.17, 15) is 18.0 Å². The zero-order valence-electron chi connectivity index (χ0n) is 13.4. The van der Waals surface area contributed by atoms with Crippen molar-refractivity contribution in [1.82, 2.24) is 0 Å². The van der Waals surface area contributed by atoms with Crippen molar-refractivity contribution in [2.75, 3.05) is 6.61 Å². The lowest BCUT2D eigenvalue weighted by molar-refractivity contribution is -0.157. The molecule has 23 heavy (non-hydrogen) atoms. The average molecular weight is 333 g/mol. The Hall–Kier alpha value is -1.60. The predicted octanol–water partition coefficient (Wildman–Crippen LogP) is 2.84. The quantitative estimate of drug-likeness (QED) is 0.813. The molecule has 130 valence electrons. The van der Waals surface area contributed by atoms with Gasteiger partial charge in [-0.15, -0.1) is 0 Å². The van der Waals surface area contributed by atoms with Gasteiger partial charge in [0.1, 0.15) is 5.60 Å².